The molecule has 0 radical (unpaired) electrons. The number of guanidine groups is 1. The van der Waals surface area contributed by atoms with Crippen molar-refractivity contribution in [3.8, 4) is 0 Å². The molecule has 2 N–H and O–H groups in total. The molecule has 0 bridgehead atoms. The van der Waals surface area contributed by atoms with Crippen molar-refractivity contribution in [3.63, 3.8) is 0 Å². The summed E-state index contributed by atoms with van der Waals surface area (Å²) >= 11 is 0. The Kier molecular flexibility index (Phi) is 2.78. The van der Waals surface area contributed by atoms with Crippen molar-refractivity contribution < 1.29 is 8.42 Å². The Morgan fingerprint density at radius 3 is 2.25 bits per heavy atom. The van der Waals surface area contributed by atoms with Crippen molar-refractivity contribution in [2.75, 3.05) is 7.05 Å². The lowest BCUT2D eigenvalue weighted by molar-refractivity contribution is 0.623. The van der Waals surface area contributed by atoms with E-state index in [0.29, 0.717) is 0 Å². The minimum atomic E-state index is -2.48. The highest BCUT2D eigenvalue weighted by molar-refractivity contribution is 7.62. The van der Waals surface area contributed by atoms with Gasteiger partial charge in [0.05, 0.1) is 0 Å². The average Bonchev–Trinajstić information content (AvgIpc) is 1.65. The molecular formula is C2H5N3O2S. The molecule has 0 aliphatic carbocycles. The third-order valence-electron chi connectivity index (χ3n) is 0.397. The number of rotatable bonds is 0. The second kappa shape index (κ2) is 3.14. The van der Waals surface area contributed by atoms with E-state index in [2.05, 4.69) is 9.36 Å². The van der Waals surface area contributed by atoms with E-state index in [1.807, 2.05) is 0 Å². The first-order valence-corrected chi connectivity index (χ1v) is 2.73. The number of aliphatic imine (C=N–C) groups is 1. The van der Waals surface area contributed by atoms with E-state index in [4.69, 9.17) is 5.73 Å². The number of nitrogens with zero attached hydrogens (tertiary/aromatic N) is 2. The fourth-order valence-electron chi connectivity index (χ4n) is 0.117. The second-order valence-corrected chi connectivity index (χ2v) is 1.51. The highest BCUT2D eigenvalue weighted by Crippen LogP contribution is 1.64. The molecule has 0 amide bonds. The lowest BCUT2D eigenvalue weighted by Gasteiger charge is -1.76. The lowest BCUT2D eigenvalue weighted by Crippen LogP contribution is -2.06. The lowest BCUT2D eigenvalue weighted by atomic mass is 11.1. The van der Waals surface area contributed by atoms with Gasteiger partial charge in [0.15, 0.2) is 0 Å². The SMILES string of the molecule is CN=C(N)N=S(=O)=O. The van der Waals surface area contributed by atoms with Crippen LogP contribution in [0.25, 0.3) is 0 Å². The van der Waals surface area contributed by atoms with Crippen LogP contribution in [0.3, 0.4) is 0 Å². The van der Waals surface area contributed by atoms with Crippen molar-refractivity contribution >= 4 is 16.5 Å². The molecule has 0 unspecified atom stereocenters. The summed E-state index contributed by atoms with van der Waals surface area (Å²) in [7, 11) is -1.12. The van der Waals surface area contributed by atoms with Crippen LogP contribution in [0.4, 0.5) is 0 Å². The fourth-order valence-corrected chi connectivity index (χ4v) is 0.352. The summed E-state index contributed by atoms with van der Waals surface area (Å²) in [6, 6.07) is 0. The number of hydrogen-bond acceptors (Lipinski definition) is 3. The zero-order chi connectivity index (χ0) is 6.57. The molecule has 0 atom stereocenters. The first-order chi connectivity index (χ1) is 3.66. The maximum Gasteiger partial charge on any atom is 0.319 e. The standard InChI is InChI=1S/C2H5N3O2S/c1-4-2(3)5-8(6)7/h1H3,(H2,3,4). The molecule has 0 spiro atoms. The zero-order valence-corrected chi connectivity index (χ0v) is 5.01. The Morgan fingerprint density at radius 1 is 1.62 bits per heavy atom. The van der Waals surface area contributed by atoms with Gasteiger partial charge in [-0.15, -0.1) is 0 Å². The normalized spacial score (nSPS) is 10.9. The average molecular weight is 135 g/mol. The number of hydrogen-bond donors (Lipinski definition) is 1. The molecule has 0 fully saturated rings. The van der Waals surface area contributed by atoms with Gasteiger partial charge in [-0.05, 0) is 0 Å². The van der Waals surface area contributed by atoms with Crippen molar-refractivity contribution in [3.05, 3.63) is 0 Å². The Labute approximate surface area is 47.9 Å². The van der Waals surface area contributed by atoms with Gasteiger partial charge in [0.2, 0.25) is 5.96 Å². The van der Waals surface area contributed by atoms with Gasteiger partial charge in [-0.25, -0.2) is 0 Å². The Balaban J connectivity index is 4.35. The second-order valence-electron chi connectivity index (χ2n) is 0.890. The summed E-state index contributed by atoms with van der Waals surface area (Å²) in [4.78, 5) is 3.26. The topological polar surface area (TPSA) is 84.9 Å². The Morgan fingerprint density at radius 2 is 2.12 bits per heavy atom. The smallest absolute Gasteiger partial charge is 0.319 e. The van der Waals surface area contributed by atoms with Gasteiger partial charge >= 0.3 is 10.5 Å². The van der Waals surface area contributed by atoms with Gasteiger partial charge in [0.25, 0.3) is 0 Å². The molecule has 46 valence electrons. The van der Waals surface area contributed by atoms with Gasteiger partial charge in [-0.2, -0.15) is 8.42 Å². The maximum absolute atomic E-state index is 9.64. The van der Waals surface area contributed by atoms with Gasteiger partial charge < -0.3 is 5.73 Å². The predicted molar refractivity (Wildman–Crippen MR) is 28.9 cm³/mol. The highest BCUT2D eigenvalue weighted by atomic mass is 32.2. The molecule has 5 nitrogen and oxygen atoms in total. The molecule has 0 aromatic carbocycles. The minimum Gasteiger partial charge on any atom is -0.367 e. The van der Waals surface area contributed by atoms with Crippen LogP contribution in [0.15, 0.2) is 9.36 Å². The van der Waals surface area contributed by atoms with E-state index >= 15 is 0 Å². The summed E-state index contributed by atoms with van der Waals surface area (Å²) in [5.74, 6) is -0.238. The predicted octanol–water partition coefficient (Wildman–Crippen LogP) is -1.01. The summed E-state index contributed by atoms with van der Waals surface area (Å²) in [5, 5.41) is 0. The van der Waals surface area contributed by atoms with E-state index in [9.17, 15) is 8.42 Å². The first-order valence-electron chi connectivity index (χ1n) is 1.70. The monoisotopic (exact) mass is 135 g/mol. The molecule has 0 aliphatic heterocycles. The molecule has 8 heavy (non-hydrogen) atoms. The molecule has 0 saturated heterocycles. The third kappa shape index (κ3) is 3.29. The molecule has 0 saturated carbocycles. The van der Waals surface area contributed by atoms with Gasteiger partial charge in [0, 0.05) is 7.05 Å². The van der Waals surface area contributed by atoms with Crippen LogP contribution in [0.2, 0.25) is 0 Å². The quantitative estimate of drug-likeness (QED) is 0.341. The van der Waals surface area contributed by atoms with E-state index < -0.39 is 10.5 Å². The summed E-state index contributed by atoms with van der Waals surface area (Å²) in [6.07, 6.45) is 0. The van der Waals surface area contributed by atoms with Crippen LogP contribution in [0.5, 0.6) is 0 Å². The van der Waals surface area contributed by atoms with E-state index in [1.165, 1.54) is 7.05 Å². The zero-order valence-electron chi connectivity index (χ0n) is 4.20. The van der Waals surface area contributed by atoms with Crippen LogP contribution in [0, 0.1) is 0 Å². The van der Waals surface area contributed by atoms with Crippen LogP contribution >= 0.6 is 0 Å². The largest absolute Gasteiger partial charge is 0.367 e. The molecule has 0 rings (SSSR count). The third-order valence-corrected chi connectivity index (χ3v) is 0.733. The van der Waals surface area contributed by atoms with Gasteiger partial charge in [-0.3, -0.25) is 4.99 Å². The van der Waals surface area contributed by atoms with Crippen molar-refractivity contribution in [2.24, 2.45) is 15.1 Å². The summed E-state index contributed by atoms with van der Waals surface area (Å²) in [5.41, 5.74) is 4.86. The molecule has 0 heterocycles. The van der Waals surface area contributed by atoms with Crippen molar-refractivity contribution in [2.45, 2.75) is 0 Å². The van der Waals surface area contributed by atoms with E-state index in [1.54, 1.807) is 0 Å². The summed E-state index contributed by atoms with van der Waals surface area (Å²) < 4.78 is 22.1. The van der Waals surface area contributed by atoms with Crippen LogP contribution < -0.4 is 5.73 Å². The van der Waals surface area contributed by atoms with Crippen molar-refractivity contribution in [1.82, 2.24) is 0 Å². The van der Waals surface area contributed by atoms with E-state index in [-0.39, 0.29) is 5.96 Å². The minimum absolute atomic E-state index is 0.238. The van der Waals surface area contributed by atoms with E-state index in [0.717, 1.165) is 0 Å². The fraction of sp³-hybridized carbons (Fsp3) is 0.500. The Hall–Kier alpha value is -0.910. The highest BCUT2D eigenvalue weighted by Gasteiger charge is 1.78. The van der Waals surface area contributed by atoms with Gasteiger partial charge in [0.1, 0.15) is 0 Å². The molecule has 6 heteroatoms. The maximum atomic E-state index is 9.64. The first kappa shape index (κ1) is 7.09. The van der Waals surface area contributed by atoms with Crippen LogP contribution in [0.1, 0.15) is 0 Å². The molecular weight excluding hydrogens is 130 g/mol. The summed E-state index contributed by atoms with van der Waals surface area (Å²) in [6.45, 7) is 0. The van der Waals surface area contributed by atoms with Crippen LogP contribution in [-0.4, -0.2) is 21.4 Å². The number of nitrogens with two attached hydrogens (primary N) is 1. The molecule has 0 aromatic heterocycles. The molecule has 0 aliphatic rings. The van der Waals surface area contributed by atoms with Gasteiger partial charge in [-0.1, -0.05) is 4.36 Å². The Bertz CT molecular complexity index is 205. The van der Waals surface area contributed by atoms with Crippen LogP contribution in [-0.2, 0) is 10.5 Å². The molecule has 0 aromatic rings. The van der Waals surface area contributed by atoms with Crippen molar-refractivity contribution in [1.29, 1.82) is 0 Å².